The number of H-pyrrole nitrogens is 1. The minimum Gasteiger partial charge on any atom is -0.465 e. The van der Waals surface area contributed by atoms with Crippen LogP contribution in [-0.4, -0.2) is 37.4 Å². The van der Waals surface area contributed by atoms with E-state index in [1.54, 1.807) is 6.26 Å². The monoisotopic (exact) mass is 225 g/mol. The number of carbonyl (C=O) groups is 1. The number of rotatable bonds is 2. The molecular weight excluding hydrogens is 218 g/mol. The number of hydrogen-bond acceptors (Lipinski definition) is 5. The van der Waals surface area contributed by atoms with E-state index >= 15 is 0 Å². The largest absolute Gasteiger partial charge is 0.465 e. The summed E-state index contributed by atoms with van der Waals surface area (Å²) < 4.78 is 0. The standard InChI is InChI=1S/C7H7N5O2S/c1-15-6-10-4-3(8-2-9-4)5(11-6)12-7(13)14/h2H,1H3,(H,13,14)(H2,8,9,10,11,12). The molecule has 0 aliphatic carbocycles. The number of aromatic amines is 1. The topological polar surface area (TPSA) is 104 Å². The van der Waals surface area contributed by atoms with Gasteiger partial charge in [-0.05, 0) is 6.26 Å². The van der Waals surface area contributed by atoms with E-state index in [9.17, 15) is 4.79 Å². The minimum atomic E-state index is -1.17. The normalized spacial score (nSPS) is 10.5. The van der Waals surface area contributed by atoms with Gasteiger partial charge in [0.15, 0.2) is 16.6 Å². The number of nitrogens with zero attached hydrogens (tertiary/aromatic N) is 3. The number of hydrogen-bond donors (Lipinski definition) is 3. The summed E-state index contributed by atoms with van der Waals surface area (Å²) in [6, 6.07) is 0. The van der Waals surface area contributed by atoms with Crippen molar-refractivity contribution >= 4 is 34.8 Å². The van der Waals surface area contributed by atoms with Crippen LogP contribution in [0.25, 0.3) is 11.2 Å². The molecule has 3 N–H and O–H groups in total. The first-order valence-electron chi connectivity index (χ1n) is 3.96. The van der Waals surface area contributed by atoms with Crippen molar-refractivity contribution < 1.29 is 9.90 Å². The molecule has 78 valence electrons. The molecule has 8 heteroatoms. The number of thioether (sulfide) groups is 1. The van der Waals surface area contributed by atoms with Gasteiger partial charge >= 0.3 is 6.09 Å². The predicted octanol–water partition coefficient (Wildman–Crippen LogP) is 1.16. The van der Waals surface area contributed by atoms with E-state index in [1.807, 2.05) is 0 Å². The van der Waals surface area contributed by atoms with Crippen molar-refractivity contribution in [3.63, 3.8) is 0 Å². The van der Waals surface area contributed by atoms with Crippen LogP contribution >= 0.6 is 11.8 Å². The molecular formula is C7H7N5O2S. The van der Waals surface area contributed by atoms with Crippen LogP contribution < -0.4 is 5.32 Å². The van der Waals surface area contributed by atoms with Gasteiger partial charge in [-0.3, -0.25) is 5.32 Å². The lowest BCUT2D eigenvalue weighted by atomic mass is 10.5. The van der Waals surface area contributed by atoms with Gasteiger partial charge in [0.05, 0.1) is 6.33 Å². The molecule has 0 radical (unpaired) electrons. The van der Waals surface area contributed by atoms with Crippen LogP contribution in [0.4, 0.5) is 10.6 Å². The number of carboxylic acid groups (broad SMARTS) is 1. The maximum atomic E-state index is 10.5. The smallest absolute Gasteiger partial charge is 0.410 e. The Labute approximate surface area is 88.3 Å². The number of nitrogens with one attached hydrogen (secondary N) is 2. The third-order valence-corrected chi connectivity index (χ3v) is 2.22. The zero-order chi connectivity index (χ0) is 10.8. The number of fused-ring (bicyclic) bond motifs is 1. The Hall–Kier alpha value is -1.83. The van der Waals surface area contributed by atoms with E-state index in [4.69, 9.17) is 5.11 Å². The molecule has 0 saturated heterocycles. The first-order valence-corrected chi connectivity index (χ1v) is 5.18. The molecule has 0 bridgehead atoms. The maximum absolute atomic E-state index is 10.5. The Bertz CT molecular complexity index is 511. The molecule has 2 rings (SSSR count). The van der Waals surface area contributed by atoms with Gasteiger partial charge < -0.3 is 10.1 Å². The van der Waals surface area contributed by atoms with Gasteiger partial charge in [0, 0.05) is 0 Å². The summed E-state index contributed by atoms with van der Waals surface area (Å²) >= 11 is 1.32. The van der Waals surface area contributed by atoms with E-state index in [0.717, 1.165) is 0 Å². The van der Waals surface area contributed by atoms with E-state index in [0.29, 0.717) is 16.3 Å². The average molecular weight is 225 g/mol. The van der Waals surface area contributed by atoms with Gasteiger partial charge in [-0.25, -0.2) is 19.7 Å². The first-order chi connectivity index (χ1) is 7.20. The molecule has 1 amide bonds. The SMILES string of the molecule is CSc1nc(NC(=O)O)c2[nH]cnc2n1. The second kappa shape index (κ2) is 3.73. The van der Waals surface area contributed by atoms with Crippen molar-refractivity contribution in [2.24, 2.45) is 0 Å². The van der Waals surface area contributed by atoms with Gasteiger partial charge in [0.1, 0.15) is 5.52 Å². The van der Waals surface area contributed by atoms with Crippen molar-refractivity contribution in [1.29, 1.82) is 0 Å². The Morgan fingerprint density at radius 3 is 3.07 bits per heavy atom. The highest BCUT2D eigenvalue weighted by molar-refractivity contribution is 7.98. The van der Waals surface area contributed by atoms with Crippen LogP contribution in [0, 0.1) is 0 Å². The number of imidazole rings is 1. The lowest BCUT2D eigenvalue weighted by molar-refractivity contribution is 0.209. The summed E-state index contributed by atoms with van der Waals surface area (Å²) in [5.74, 6) is 0.217. The van der Waals surface area contributed by atoms with Gasteiger partial charge in [-0.2, -0.15) is 0 Å². The third kappa shape index (κ3) is 1.84. The molecule has 0 unspecified atom stereocenters. The Morgan fingerprint density at radius 1 is 1.60 bits per heavy atom. The fourth-order valence-corrected chi connectivity index (χ4v) is 1.46. The van der Waals surface area contributed by atoms with Gasteiger partial charge in [-0.1, -0.05) is 11.8 Å². The molecule has 2 heterocycles. The van der Waals surface area contributed by atoms with Crippen LogP contribution in [0.3, 0.4) is 0 Å². The third-order valence-electron chi connectivity index (χ3n) is 1.67. The van der Waals surface area contributed by atoms with Gasteiger partial charge in [0.25, 0.3) is 0 Å². The summed E-state index contributed by atoms with van der Waals surface area (Å²) in [5.41, 5.74) is 0.924. The molecule has 15 heavy (non-hydrogen) atoms. The average Bonchev–Trinajstić information content (AvgIpc) is 2.64. The highest BCUT2D eigenvalue weighted by atomic mass is 32.2. The fourth-order valence-electron chi connectivity index (χ4n) is 1.10. The molecule has 0 aromatic carbocycles. The second-order valence-electron chi connectivity index (χ2n) is 2.59. The zero-order valence-corrected chi connectivity index (χ0v) is 8.50. The van der Waals surface area contributed by atoms with Gasteiger partial charge in [0.2, 0.25) is 0 Å². The van der Waals surface area contributed by atoms with E-state index in [-0.39, 0.29) is 5.82 Å². The molecule has 0 fully saturated rings. The van der Waals surface area contributed by atoms with Crippen molar-refractivity contribution in [1.82, 2.24) is 19.9 Å². The maximum Gasteiger partial charge on any atom is 0.410 e. The van der Waals surface area contributed by atoms with E-state index < -0.39 is 6.09 Å². The van der Waals surface area contributed by atoms with E-state index in [2.05, 4.69) is 25.3 Å². The molecule has 7 nitrogen and oxygen atoms in total. The highest BCUT2D eigenvalue weighted by Gasteiger charge is 2.10. The van der Waals surface area contributed by atoms with Crippen molar-refractivity contribution in [3.8, 4) is 0 Å². The molecule has 0 atom stereocenters. The molecule has 0 aliphatic rings. The molecule has 0 spiro atoms. The fraction of sp³-hybridized carbons (Fsp3) is 0.143. The summed E-state index contributed by atoms with van der Waals surface area (Å²) in [6.45, 7) is 0. The Morgan fingerprint density at radius 2 is 2.40 bits per heavy atom. The van der Waals surface area contributed by atoms with Crippen molar-refractivity contribution in [3.05, 3.63) is 6.33 Å². The van der Waals surface area contributed by atoms with Crippen molar-refractivity contribution in [2.75, 3.05) is 11.6 Å². The van der Waals surface area contributed by atoms with Crippen LogP contribution in [0.15, 0.2) is 11.5 Å². The zero-order valence-electron chi connectivity index (χ0n) is 7.68. The molecule has 2 aromatic heterocycles. The molecule has 2 aromatic rings. The summed E-state index contributed by atoms with van der Waals surface area (Å²) in [6.07, 6.45) is 2.08. The Balaban J connectivity index is 2.57. The molecule has 0 aliphatic heterocycles. The van der Waals surface area contributed by atoms with Gasteiger partial charge in [-0.15, -0.1) is 0 Å². The lowest BCUT2D eigenvalue weighted by Crippen LogP contribution is -2.10. The van der Waals surface area contributed by atoms with E-state index in [1.165, 1.54) is 18.1 Å². The van der Waals surface area contributed by atoms with Crippen LogP contribution in [0.5, 0.6) is 0 Å². The predicted molar refractivity (Wildman–Crippen MR) is 55.1 cm³/mol. The van der Waals surface area contributed by atoms with Crippen LogP contribution in [0.2, 0.25) is 0 Å². The first kappa shape index (κ1) is 9.71. The summed E-state index contributed by atoms with van der Waals surface area (Å²) in [7, 11) is 0. The van der Waals surface area contributed by atoms with Crippen molar-refractivity contribution in [2.45, 2.75) is 5.16 Å². The quantitative estimate of drug-likeness (QED) is 0.523. The highest BCUT2D eigenvalue weighted by Crippen LogP contribution is 2.20. The number of amides is 1. The summed E-state index contributed by atoms with van der Waals surface area (Å²) in [5, 5.41) is 11.3. The second-order valence-corrected chi connectivity index (χ2v) is 3.36. The minimum absolute atomic E-state index is 0.217. The molecule has 0 saturated carbocycles. The number of anilines is 1. The number of aromatic nitrogens is 4. The summed E-state index contributed by atoms with van der Waals surface area (Å²) in [4.78, 5) is 25.4. The Kier molecular flexibility index (Phi) is 2.42. The van der Waals surface area contributed by atoms with Crippen LogP contribution in [-0.2, 0) is 0 Å². The van der Waals surface area contributed by atoms with Crippen LogP contribution in [0.1, 0.15) is 0 Å². The lowest BCUT2D eigenvalue weighted by Gasteiger charge is -2.02.